The number of nitrogens with two attached hydrogens (primary N) is 1. The Morgan fingerprint density at radius 3 is 2.89 bits per heavy atom. The van der Waals surface area contributed by atoms with E-state index < -0.39 is 0 Å². The molecule has 0 aliphatic carbocycles. The van der Waals surface area contributed by atoms with E-state index in [9.17, 15) is 0 Å². The van der Waals surface area contributed by atoms with E-state index in [1.807, 2.05) is 0 Å². The summed E-state index contributed by atoms with van der Waals surface area (Å²) in [6, 6.07) is 0. The molecule has 0 fully saturated rings. The number of hydrogen-bond donors (Lipinski definition) is 1. The second-order valence-electron chi connectivity index (χ2n) is 2.18. The first-order valence-electron chi connectivity index (χ1n) is 3.19. The number of hydrogen-bond acceptors (Lipinski definition) is 3. The number of nitrogens with zero attached hydrogens (tertiary/aromatic N) is 2. The van der Waals surface area contributed by atoms with Crippen molar-refractivity contribution in [2.75, 3.05) is 26.7 Å². The van der Waals surface area contributed by atoms with Crippen LogP contribution in [0.25, 0.3) is 0 Å². The van der Waals surface area contributed by atoms with Crippen LogP contribution in [0.3, 0.4) is 0 Å². The van der Waals surface area contributed by atoms with E-state index in [1.54, 1.807) is 0 Å². The second-order valence-corrected chi connectivity index (χ2v) is 2.18. The fourth-order valence-electron chi connectivity index (χ4n) is 0.918. The number of hydrazine groups is 1. The maximum absolute atomic E-state index is 5.37. The molecule has 0 aromatic rings. The summed E-state index contributed by atoms with van der Waals surface area (Å²) >= 11 is 0. The van der Waals surface area contributed by atoms with Crippen molar-refractivity contribution in [1.82, 2.24) is 10.0 Å². The summed E-state index contributed by atoms with van der Waals surface area (Å²) in [6.07, 6.45) is 4.18. The van der Waals surface area contributed by atoms with Gasteiger partial charge in [0.2, 0.25) is 0 Å². The molecule has 3 nitrogen and oxygen atoms in total. The van der Waals surface area contributed by atoms with Gasteiger partial charge in [0.05, 0.1) is 0 Å². The van der Waals surface area contributed by atoms with Gasteiger partial charge in [-0.15, -0.1) is 0 Å². The van der Waals surface area contributed by atoms with E-state index in [2.05, 4.69) is 29.3 Å². The molecule has 0 aromatic carbocycles. The smallest absolute Gasteiger partial charge is 0.0462 e. The summed E-state index contributed by atoms with van der Waals surface area (Å²) in [5.74, 6) is 0. The van der Waals surface area contributed by atoms with Gasteiger partial charge < -0.3 is 10.7 Å². The molecule has 0 saturated carbocycles. The minimum Gasteiger partial charge on any atom is -0.329 e. The van der Waals surface area contributed by atoms with Crippen molar-refractivity contribution >= 4 is 0 Å². The lowest BCUT2D eigenvalue weighted by molar-refractivity contribution is 0.0879. The zero-order valence-electron chi connectivity index (χ0n) is 5.75. The van der Waals surface area contributed by atoms with Gasteiger partial charge >= 0.3 is 0 Å². The molecule has 9 heavy (non-hydrogen) atoms. The second kappa shape index (κ2) is 2.85. The molecule has 0 saturated heterocycles. The topological polar surface area (TPSA) is 32.5 Å². The molecule has 0 amide bonds. The molecule has 1 aliphatic heterocycles. The molecule has 0 unspecified atom stereocenters. The molecule has 1 aliphatic rings. The highest BCUT2D eigenvalue weighted by atomic mass is 15.6. The van der Waals surface area contributed by atoms with Gasteiger partial charge in [0, 0.05) is 32.9 Å². The van der Waals surface area contributed by atoms with Crippen LogP contribution in [0.5, 0.6) is 0 Å². The van der Waals surface area contributed by atoms with Crippen molar-refractivity contribution in [2.24, 2.45) is 5.73 Å². The quantitative estimate of drug-likeness (QED) is 0.549. The van der Waals surface area contributed by atoms with Crippen molar-refractivity contribution in [3.05, 3.63) is 12.3 Å². The van der Waals surface area contributed by atoms with E-state index >= 15 is 0 Å². The lowest BCUT2D eigenvalue weighted by Gasteiger charge is -2.23. The first-order chi connectivity index (χ1) is 4.34. The van der Waals surface area contributed by atoms with Crippen molar-refractivity contribution in [1.29, 1.82) is 0 Å². The van der Waals surface area contributed by atoms with Crippen LogP contribution in [0.2, 0.25) is 0 Å². The van der Waals surface area contributed by atoms with Crippen LogP contribution < -0.4 is 5.73 Å². The summed E-state index contributed by atoms with van der Waals surface area (Å²) < 4.78 is 0. The Morgan fingerprint density at radius 1 is 1.67 bits per heavy atom. The van der Waals surface area contributed by atoms with E-state index in [0.29, 0.717) is 6.54 Å². The maximum Gasteiger partial charge on any atom is 0.0462 e. The highest BCUT2D eigenvalue weighted by molar-refractivity contribution is 4.89. The molecule has 1 heterocycles. The zero-order chi connectivity index (χ0) is 6.69. The van der Waals surface area contributed by atoms with E-state index in [1.165, 1.54) is 0 Å². The van der Waals surface area contributed by atoms with Gasteiger partial charge in [-0.05, 0) is 0 Å². The molecule has 0 atom stereocenters. The highest BCUT2D eigenvalue weighted by Gasteiger charge is 2.07. The van der Waals surface area contributed by atoms with Gasteiger partial charge in [-0.2, -0.15) is 0 Å². The molecule has 52 valence electrons. The average Bonchev–Trinajstić information content (AvgIpc) is 2.18. The summed E-state index contributed by atoms with van der Waals surface area (Å²) in [5.41, 5.74) is 5.37. The first kappa shape index (κ1) is 6.58. The predicted octanol–water partition coefficient (Wildman–Crippen LogP) is -0.379. The summed E-state index contributed by atoms with van der Waals surface area (Å²) in [6.45, 7) is 2.65. The minimum atomic E-state index is 0.717. The molecule has 1 rings (SSSR count). The van der Waals surface area contributed by atoms with Crippen molar-refractivity contribution in [3.8, 4) is 0 Å². The zero-order valence-corrected chi connectivity index (χ0v) is 5.75. The predicted molar refractivity (Wildman–Crippen MR) is 37.5 cm³/mol. The highest BCUT2D eigenvalue weighted by Crippen LogP contribution is 2.01. The van der Waals surface area contributed by atoms with Crippen LogP contribution in [0.1, 0.15) is 0 Å². The van der Waals surface area contributed by atoms with E-state index in [-0.39, 0.29) is 0 Å². The average molecular weight is 127 g/mol. The molecule has 0 radical (unpaired) electrons. The first-order valence-corrected chi connectivity index (χ1v) is 3.19. The third-order valence-corrected chi connectivity index (χ3v) is 1.44. The molecule has 3 heteroatoms. The lowest BCUT2D eigenvalue weighted by atomic mass is 10.6. The van der Waals surface area contributed by atoms with Crippen LogP contribution in [0.15, 0.2) is 12.3 Å². The Morgan fingerprint density at radius 2 is 2.44 bits per heavy atom. The monoisotopic (exact) mass is 127 g/mol. The third-order valence-electron chi connectivity index (χ3n) is 1.44. The molecule has 0 spiro atoms. The Bertz CT molecular complexity index is 111. The SMILES string of the molecule is CN1CC=CN1CCN. The Hall–Kier alpha value is -0.540. The minimum absolute atomic E-state index is 0.717. The normalized spacial score (nSPS) is 19.6. The van der Waals surface area contributed by atoms with E-state index in [0.717, 1.165) is 13.1 Å². The van der Waals surface area contributed by atoms with Crippen LogP contribution in [0, 0.1) is 0 Å². The van der Waals surface area contributed by atoms with Crippen LogP contribution in [-0.2, 0) is 0 Å². The number of likely N-dealkylation sites (N-methyl/N-ethyl adjacent to an activating group) is 1. The van der Waals surface area contributed by atoms with Crippen molar-refractivity contribution in [3.63, 3.8) is 0 Å². The third kappa shape index (κ3) is 1.43. The maximum atomic E-state index is 5.37. The molecular weight excluding hydrogens is 114 g/mol. The fourth-order valence-corrected chi connectivity index (χ4v) is 0.918. The van der Waals surface area contributed by atoms with Gasteiger partial charge in [-0.3, -0.25) is 0 Å². The lowest BCUT2D eigenvalue weighted by Crippen LogP contribution is -2.35. The van der Waals surface area contributed by atoms with Gasteiger partial charge in [-0.1, -0.05) is 6.08 Å². The standard InChI is InChI=1S/C6H13N3/c1-8-4-2-5-9(8)6-3-7/h2,5H,3-4,6-7H2,1H3. The van der Waals surface area contributed by atoms with Crippen molar-refractivity contribution < 1.29 is 0 Å². The van der Waals surface area contributed by atoms with Crippen molar-refractivity contribution in [2.45, 2.75) is 0 Å². The van der Waals surface area contributed by atoms with Crippen LogP contribution in [-0.4, -0.2) is 36.7 Å². The van der Waals surface area contributed by atoms with Crippen LogP contribution in [0.4, 0.5) is 0 Å². The summed E-state index contributed by atoms with van der Waals surface area (Å²) in [5, 5.41) is 4.24. The van der Waals surface area contributed by atoms with Gasteiger partial charge in [0.15, 0.2) is 0 Å². The van der Waals surface area contributed by atoms with Gasteiger partial charge in [0.1, 0.15) is 0 Å². The van der Waals surface area contributed by atoms with Crippen LogP contribution >= 0.6 is 0 Å². The largest absolute Gasteiger partial charge is 0.329 e. The van der Waals surface area contributed by atoms with E-state index in [4.69, 9.17) is 5.73 Å². The summed E-state index contributed by atoms with van der Waals surface area (Å²) in [4.78, 5) is 0. The fraction of sp³-hybridized carbons (Fsp3) is 0.667. The Labute approximate surface area is 55.7 Å². The van der Waals surface area contributed by atoms with Gasteiger partial charge in [0.25, 0.3) is 0 Å². The summed E-state index contributed by atoms with van der Waals surface area (Å²) in [7, 11) is 2.05. The Kier molecular flexibility index (Phi) is 2.08. The molecule has 0 bridgehead atoms. The molecule has 0 aromatic heterocycles. The Balaban J connectivity index is 2.31. The van der Waals surface area contributed by atoms with Gasteiger partial charge in [-0.25, -0.2) is 5.01 Å². The molecular formula is C6H13N3. The molecule has 2 N–H and O–H groups in total. The number of rotatable bonds is 2.